The molecule has 4 aliphatic heterocycles. The molecular formula is C23H28O6. The molecule has 156 valence electrons. The quantitative estimate of drug-likeness (QED) is 0.550. The maximum atomic E-state index is 12.0. The monoisotopic (exact) mass is 400 g/mol. The van der Waals surface area contributed by atoms with Crippen LogP contribution in [0.25, 0.3) is 0 Å². The van der Waals surface area contributed by atoms with Gasteiger partial charge >= 0.3 is 11.9 Å². The fourth-order valence-electron chi connectivity index (χ4n) is 6.79. The summed E-state index contributed by atoms with van der Waals surface area (Å²) in [5.41, 5.74) is 2.14. The molecule has 1 unspecified atom stereocenters. The van der Waals surface area contributed by atoms with E-state index in [1.807, 2.05) is 6.07 Å². The van der Waals surface area contributed by atoms with Crippen LogP contribution < -0.4 is 9.47 Å². The minimum atomic E-state index is -0.940. The lowest BCUT2D eigenvalue weighted by atomic mass is 9.54. The molecule has 7 aliphatic rings. The fraction of sp³-hybridized carbons (Fsp3) is 0.652. The van der Waals surface area contributed by atoms with Crippen LogP contribution in [0.15, 0.2) is 12.1 Å². The molecule has 4 heterocycles. The van der Waals surface area contributed by atoms with Gasteiger partial charge < -0.3 is 18.9 Å². The van der Waals surface area contributed by atoms with Crippen molar-refractivity contribution in [2.75, 3.05) is 6.79 Å². The van der Waals surface area contributed by atoms with Gasteiger partial charge in [-0.15, -0.1) is 0 Å². The normalized spacial score (nSPS) is 36.9. The van der Waals surface area contributed by atoms with Crippen molar-refractivity contribution in [3.63, 3.8) is 0 Å². The van der Waals surface area contributed by atoms with Crippen LogP contribution in [0.4, 0.5) is 0 Å². The summed E-state index contributed by atoms with van der Waals surface area (Å²) in [6, 6.07) is 3.86. The molecule has 1 aromatic rings. The van der Waals surface area contributed by atoms with Crippen LogP contribution in [0.5, 0.6) is 11.5 Å². The molecule has 0 N–H and O–H groups in total. The van der Waals surface area contributed by atoms with Crippen molar-refractivity contribution >= 4 is 11.9 Å². The summed E-state index contributed by atoms with van der Waals surface area (Å²) >= 11 is 0. The van der Waals surface area contributed by atoms with Crippen LogP contribution in [0, 0.1) is 17.3 Å². The van der Waals surface area contributed by atoms with Crippen LogP contribution in [-0.2, 0) is 25.5 Å². The predicted molar refractivity (Wildman–Crippen MR) is 103 cm³/mol. The first kappa shape index (κ1) is 18.9. The third-order valence-corrected chi connectivity index (χ3v) is 7.88. The SMILES string of the molecule is CC(=O)Oc1cc2cc3c1C1CC[C@@]4(C)[C@@H](CC[C@@]4(OC(C)=O)OCO2)[C@H]1CC3. The number of hydrogen-bond donors (Lipinski definition) is 0. The molecule has 0 aromatic heterocycles. The number of aryl methyl sites for hydroxylation is 1. The summed E-state index contributed by atoms with van der Waals surface area (Å²) in [5, 5.41) is 0. The molecule has 1 aromatic carbocycles. The van der Waals surface area contributed by atoms with Crippen molar-refractivity contribution in [3.05, 3.63) is 23.3 Å². The Morgan fingerprint density at radius 1 is 1.10 bits per heavy atom. The average Bonchev–Trinajstić information content (AvgIpc) is 2.93. The van der Waals surface area contributed by atoms with Gasteiger partial charge in [-0.05, 0) is 61.5 Å². The lowest BCUT2D eigenvalue weighted by molar-refractivity contribution is -0.299. The molecule has 0 saturated heterocycles. The highest BCUT2D eigenvalue weighted by molar-refractivity contribution is 5.71. The van der Waals surface area contributed by atoms with Gasteiger partial charge in [0.2, 0.25) is 5.79 Å². The third-order valence-electron chi connectivity index (χ3n) is 7.88. The zero-order valence-corrected chi connectivity index (χ0v) is 17.3. The zero-order chi connectivity index (χ0) is 20.4. The number of rotatable bonds is 2. The Bertz CT molecular complexity index is 878. The molecule has 3 aliphatic carbocycles. The number of esters is 2. The van der Waals surface area contributed by atoms with Crippen LogP contribution in [0.1, 0.15) is 69.9 Å². The topological polar surface area (TPSA) is 71.1 Å². The van der Waals surface area contributed by atoms with Gasteiger partial charge in [0.1, 0.15) is 11.5 Å². The average molecular weight is 400 g/mol. The Labute approximate surface area is 170 Å². The second-order valence-electron chi connectivity index (χ2n) is 9.25. The van der Waals surface area contributed by atoms with Crippen molar-refractivity contribution in [2.45, 2.75) is 71.0 Å². The Balaban J connectivity index is 1.66. The summed E-state index contributed by atoms with van der Waals surface area (Å²) in [6.45, 7) is 5.10. The minimum absolute atomic E-state index is 0.0119. The van der Waals surface area contributed by atoms with E-state index in [0.717, 1.165) is 32.1 Å². The van der Waals surface area contributed by atoms with E-state index in [1.165, 1.54) is 25.0 Å². The van der Waals surface area contributed by atoms with E-state index in [2.05, 4.69) is 13.0 Å². The van der Waals surface area contributed by atoms with E-state index in [0.29, 0.717) is 35.7 Å². The van der Waals surface area contributed by atoms with E-state index < -0.39 is 5.79 Å². The highest BCUT2D eigenvalue weighted by Crippen LogP contribution is 2.66. The number of benzene rings is 1. The van der Waals surface area contributed by atoms with Crippen molar-refractivity contribution in [1.82, 2.24) is 0 Å². The van der Waals surface area contributed by atoms with Gasteiger partial charge in [-0.3, -0.25) is 9.59 Å². The van der Waals surface area contributed by atoms with Crippen LogP contribution in [0.3, 0.4) is 0 Å². The second-order valence-corrected chi connectivity index (χ2v) is 9.25. The summed E-state index contributed by atoms with van der Waals surface area (Å²) in [5.74, 6) is 0.872. The van der Waals surface area contributed by atoms with Gasteiger partial charge in [0.15, 0.2) is 6.79 Å². The van der Waals surface area contributed by atoms with Crippen molar-refractivity contribution < 1.29 is 28.5 Å². The minimum Gasteiger partial charge on any atom is -0.467 e. The molecule has 2 fully saturated rings. The lowest BCUT2D eigenvalue weighted by Crippen LogP contribution is -2.54. The Morgan fingerprint density at radius 2 is 1.93 bits per heavy atom. The van der Waals surface area contributed by atoms with Crippen molar-refractivity contribution in [2.24, 2.45) is 17.3 Å². The van der Waals surface area contributed by atoms with Crippen molar-refractivity contribution in [1.29, 1.82) is 0 Å². The van der Waals surface area contributed by atoms with Crippen LogP contribution in [0.2, 0.25) is 0 Å². The molecule has 5 atom stereocenters. The first-order valence-electron chi connectivity index (χ1n) is 10.6. The molecule has 8 bridgehead atoms. The predicted octanol–water partition coefficient (Wildman–Crippen LogP) is 4.09. The molecular weight excluding hydrogens is 372 g/mol. The summed E-state index contributed by atoms with van der Waals surface area (Å²) in [7, 11) is 0. The molecule has 0 radical (unpaired) electrons. The molecule has 29 heavy (non-hydrogen) atoms. The highest BCUT2D eigenvalue weighted by Gasteiger charge is 2.65. The van der Waals surface area contributed by atoms with Crippen LogP contribution in [-0.4, -0.2) is 24.5 Å². The highest BCUT2D eigenvalue weighted by atomic mass is 16.8. The number of carbonyl (C=O) groups excluding carboxylic acids is 2. The Hall–Kier alpha value is -2.08. The van der Waals surface area contributed by atoms with E-state index in [9.17, 15) is 9.59 Å². The smallest absolute Gasteiger partial charge is 0.308 e. The first-order chi connectivity index (χ1) is 13.8. The van der Waals surface area contributed by atoms with E-state index in [1.54, 1.807) is 0 Å². The number of fused-ring (bicyclic) bond motifs is 2. The second kappa shape index (κ2) is 6.46. The lowest BCUT2D eigenvalue weighted by Gasteiger charge is -2.53. The molecule has 0 amide bonds. The van der Waals surface area contributed by atoms with Gasteiger partial charge in [0.05, 0.1) is 0 Å². The standard InChI is InChI=1S/C23H28O6/c1-13(24)28-20-11-16-10-15-4-5-17-18(21(15)20)6-8-22(3)19(17)7-9-23(22,27-12-26-16)29-14(2)25/h10-11,17-19H,4-9,12H2,1-3H3/t17-,18?,19-,22-,23-/m0/s1. The summed E-state index contributed by atoms with van der Waals surface area (Å²) < 4.78 is 23.7. The molecule has 0 spiro atoms. The van der Waals surface area contributed by atoms with Crippen molar-refractivity contribution in [3.8, 4) is 11.5 Å². The Kier molecular flexibility index (Phi) is 4.21. The van der Waals surface area contributed by atoms with Gasteiger partial charge in [-0.1, -0.05) is 6.92 Å². The molecule has 8 rings (SSSR count). The largest absolute Gasteiger partial charge is 0.467 e. The van der Waals surface area contributed by atoms with Gasteiger partial charge in [0.25, 0.3) is 0 Å². The first-order valence-corrected chi connectivity index (χ1v) is 10.6. The summed E-state index contributed by atoms with van der Waals surface area (Å²) in [6.07, 6.45) is 5.53. The molecule has 2 saturated carbocycles. The molecule has 6 nitrogen and oxygen atoms in total. The van der Waals surface area contributed by atoms with E-state index in [-0.39, 0.29) is 24.1 Å². The number of ether oxygens (including phenoxy) is 4. The maximum Gasteiger partial charge on any atom is 0.308 e. The third kappa shape index (κ3) is 2.71. The van der Waals surface area contributed by atoms with Gasteiger partial charge in [-0.25, -0.2) is 0 Å². The van der Waals surface area contributed by atoms with E-state index in [4.69, 9.17) is 18.9 Å². The molecule has 6 heteroatoms. The van der Waals surface area contributed by atoms with E-state index >= 15 is 0 Å². The van der Waals surface area contributed by atoms with Gasteiger partial charge in [0, 0.05) is 37.3 Å². The van der Waals surface area contributed by atoms with Gasteiger partial charge in [-0.2, -0.15) is 0 Å². The maximum absolute atomic E-state index is 12.0. The number of hydrogen-bond acceptors (Lipinski definition) is 6. The Morgan fingerprint density at radius 3 is 2.69 bits per heavy atom. The fourth-order valence-corrected chi connectivity index (χ4v) is 6.79. The zero-order valence-electron chi connectivity index (χ0n) is 17.3. The van der Waals surface area contributed by atoms with Crippen LogP contribution >= 0.6 is 0 Å². The summed E-state index contributed by atoms with van der Waals surface area (Å²) in [4.78, 5) is 23.8. The number of carbonyl (C=O) groups is 2.